The Bertz CT molecular complexity index is 508. The van der Waals surface area contributed by atoms with E-state index < -0.39 is 0 Å². The molecule has 4 heteroatoms. The molecule has 0 amide bonds. The van der Waals surface area contributed by atoms with Crippen LogP contribution < -0.4 is 11.1 Å². The molecule has 0 aliphatic heterocycles. The smallest absolute Gasteiger partial charge is 0.193 e. The van der Waals surface area contributed by atoms with Gasteiger partial charge in [-0.1, -0.05) is 18.2 Å². The van der Waals surface area contributed by atoms with Crippen LogP contribution in [-0.2, 0) is 17.6 Å². The van der Waals surface area contributed by atoms with Gasteiger partial charge < -0.3 is 15.8 Å². The summed E-state index contributed by atoms with van der Waals surface area (Å²) >= 11 is 0. The van der Waals surface area contributed by atoms with Crippen LogP contribution in [0.15, 0.2) is 35.3 Å². The van der Waals surface area contributed by atoms with Crippen LogP contribution in [0, 0.1) is 0 Å². The first-order valence-electron chi connectivity index (χ1n) is 7.06. The molecule has 0 spiro atoms. The summed E-state index contributed by atoms with van der Waals surface area (Å²) < 4.78 is 5.37. The Morgan fingerprint density at radius 3 is 3.00 bits per heavy atom. The van der Waals surface area contributed by atoms with Gasteiger partial charge >= 0.3 is 0 Å². The third-order valence-electron chi connectivity index (χ3n) is 3.24. The zero-order chi connectivity index (χ0) is 14.4. The lowest BCUT2D eigenvalue weighted by molar-refractivity contribution is 0.165. The molecule has 0 aromatic heterocycles. The molecular formula is C16H23N3O. The first kappa shape index (κ1) is 14.6. The maximum Gasteiger partial charge on any atom is 0.193 e. The van der Waals surface area contributed by atoms with E-state index in [0.717, 1.165) is 17.7 Å². The second-order valence-corrected chi connectivity index (χ2v) is 5.24. The summed E-state index contributed by atoms with van der Waals surface area (Å²) in [5, 5.41) is 3.13. The number of rotatable bonds is 6. The van der Waals surface area contributed by atoms with Gasteiger partial charge in [0.15, 0.2) is 5.96 Å². The van der Waals surface area contributed by atoms with Gasteiger partial charge in [0, 0.05) is 5.69 Å². The second-order valence-electron chi connectivity index (χ2n) is 5.24. The quantitative estimate of drug-likeness (QED) is 0.362. The Labute approximate surface area is 120 Å². The van der Waals surface area contributed by atoms with Crippen molar-refractivity contribution in [1.29, 1.82) is 0 Å². The highest BCUT2D eigenvalue weighted by Crippen LogP contribution is 2.24. The number of nitrogens with two attached hydrogens (primary N) is 1. The van der Waals surface area contributed by atoms with Crippen LogP contribution in [0.4, 0.5) is 5.69 Å². The zero-order valence-corrected chi connectivity index (χ0v) is 12.1. The number of hydrogen-bond donors (Lipinski definition) is 2. The number of hydrogen-bond acceptors (Lipinski definition) is 2. The SMILES string of the molecule is C=C(C)COCCN=C(N)Nc1ccc2c(c1)CCC2. The Kier molecular flexibility index (Phi) is 5.18. The van der Waals surface area contributed by atoms with Crippen molar-refractivity contribution >= 4 is 11.6 Å². The molecule has 4 nitrogen and oxygen atoms in total. The zero-order valence-electron chi connectivity index (χ0n) is 12.1. The molecule has 0 saturated carbocycles. The fourth-order valence-corrected chi connectivity index (χ4v) is 2.31. The minimum absolute atomic E-state index is 0.432. The Balaban J connectivity index is 1.78. The maximum atomic E-state index is 5.86. The summed E-state index contributed by atoms with van der Waals surface area (Å²) in [5.41, 5.74) is 10.8. The average molecular weight is 273 g/mol. The third kappa shape index (κ3) is 4.38. The van der Waals surface area contributed by atoms with Gasteiger partial charge in [0.2, 0.25) is 0 Å². The lowest BCUT2D eigenvalue weighted by Crippen LogP contribution is -2.23. The van der Waals surface area contributed by atoms with Crippen molar-refractivity contribution in [2.75, 3.05) is 25.1 Å². The van der Waals surface area contributed by atoms with Crippen LogP contribution in [0.5, 0.6) is 0 Å². The second kappa shape index (κ2) is 7.10. The molecule has 20 heavy (non-hydrogen) atoms. The molecule has 0 unspecified atom stereocenters. The molecule has 2 rings (SSSR count). The minimum Gasteiger partial charge on any atom is -0.375 e. The first-order valence-corrected chi connectivity index (χ1v) is 7.06. The summed E-state index contributed by atoms with van der Waals surface area (Å²) in [6.07, 6.45) is 3.61. The molecule has 0 atom stereocenters. The Hall–Kier alpha value is -1.81. The largest absolute Gasteiger partial charge is 0.375 e. The number of aliphatic imine (C=N–C) groups is 1. The van der Waals surface area contributed by atoms with Crippen molar-refractivity contribution in [1.82, 2.24) is 0 Å². The summed E-state index contributed by atoms with van der Waals surface area (Å²) in [6, 6.07) is 6.40. The van der Waals surface area contributed by atoms with Gasteiger partial charge in [-0.05, 0) is 49.4 Å². The predicted molar refractivity (Wildman–Crippen MR) is 84.2 cm³/mol. The van der Waals surface area contributed by atoms with E-state index in [1.54, 1.807) is 0 Å². The summed E-state index contributed by atoms with van der Waals surface area (Å²) in [4.78, 5) is 4.24. The van der Waals surface area contributed by atoms with Gasteiger partial charge in [0.1, 0.15) is 0 Å². The molecule has 1 aromatic rings. The molecule has 3 N–H and O–H groups in total. The maximum absolute atomic E-state index is 5.86. The van der Waals surface area contributed by atoms with Gasteiger partial charge in [0.05, 0.1) is 19.8 Å². The van der Waals surface area contributed by atoms with E-state index in [9.17, 15) is 0 Å². The van der Waals surface area contributed by atoms with Gasteiger partial charge in [0.25, 0.3) is 0 Å². The fraction of sp³-hybridized carbons (Fsp3) is 0.438. The van der Waals surface area contributed by atoms with Gasteiger partial charge in [-0.25, -0.2) is 0 Å². The summed E-state index contributed by atoms with van der Waals surface area (Å²) in [6.45, 7) is 7.40. The highest BCUT2D eigenvalue weighted by Gasteiger charge is 2.10. The van der Waals surface area contributed by atoms with Crippen LogP contribution >= 0.6 is 0 Å². The van der Waals surface area contributed by atoms with Crippen LogP contribution in [-0.4, -0.2) is 25.7 Å². The van der Waals surface area contributed by atoms with E-state index in [4.69, 9.17) is 10.5 Å². The van der Waals surface area contributed by atoms with Crippen LogP contribution in [0.25, 0.3) is 0 Å². The number of nitrogens with zero attached hydrogens (tertiary/aromatic N) is 1. The topological polar surface area (TPSA) is 59.6 Å². The standard InChI is InChI=1S/C16H23N3O/c1-12(2)11-20-9-8-18-16(17)19-15-7-6-13-4-3-5-14(13)10-15/h6-7,10H,1,3-5,8-9,11H2,2H3,(H3,17,18,19). The predicted octanol–water partition coefficient (Wildman–Crippen LogP) is 2.49. The lowest BCUT2D eigenvalue weighted by Gasteiger charge is -2.08. The Morgan fingerprint density at radius 2 is 2.20 bits per heavy atom. The van der Waals surface area contributed by atoms with Crippen molar-refractivity contribution < 1.29 is 4.74 Å². The fourth-order valence-electron chi connectivity index (χ4n) is 2.31. The molecule has 0 bridgehead atoms. The normalized spacial score (nSPS) is 14.2. The van der Waals surface area contributed by atoms with Crippen LogP contribution in [0.1, 0.15) is 24.5 Å². The van der Waals surface area contributed by atoms with Crippen molar-refractivity contribution in [3.05, 3.63) is 41.5 Å². The molecule has 0 heterocycles. The molecule has 1 aromatic carbocycles. The minimum atomic E-state index is 0.432. The number of nitrogens with one attached hydrogen (secondary N) is 1. The molecule has 0 radical (unpaired) electrons. The number of aryl methyl sites for hydroxylation is 2. The lowest BCUT2D eigenvalue weighted by atomic mass is 10.1. The van der Waals surface area contributed by atoms with E-state index in [0.29, 0.717) is 25.7 Å². The van der Waals surface area contributed by atoms with E-state index in [2.05, 4.69) is 35.1 Å². The number of guanidine groups is 1. The highest BCUT2D eigenvalue weighted by atomic mass is 16.5. The van der Waals surface area contributed by atoms with Crippen LogP contribution in [0.3, 0.4) is 0 Å². The van der Waals surface area contributed by atoms with E-state index in [1.807, 2.05) is 6.92 Å². The van der Waals surface area contributed by atoms with Gasteiger partial charge in [-0.3, -0.25) is 4.99 Å². The molecule has 0 saturated heterocycles. The summed E-state index contributed by atoms with van der Waals surface area (Å²) in [5.74, 6) is 0.432. The average Bonchev–Trinajstić information content (AvgIpc) is 2.85. The molecular weight excluding hydrogens is 250 g/mol. The van der Waals surface area contributed by atoms with Crippen molar-refractivity contribution in [3.63, 3.8) is 0 Å². The number of anilines is 1. The third-order valence-corrected chi connectivity index (χ3v) is 3.24. The number of ether oxygens (including phenoxy) is 1. The first-order chi connectivity index (χ1) is 9.65. The van der Waals surface area contributed by atoms with Crippen LogP contribution in [0.2, 0.25) is 0 Å². The molecule has 1 aliphatic rings. The highest BCUT2D eigenvalue weighted by molar-refractivity contribution is 5.92. The number of benzene rings is 1. The van der Waals surface area contributed by atoms with E-state index in [-0.39, 0.29) is 0 Å². The van der Waals surface area contributed by atoms with E-state index in [1.165, 1.54) is 24.0 Å². The molecule has 108 valence electrons. The number of fused-ring (bicyclic) bond motifs is 1. The van der Waals surface area contributed by atoms with Crippen molar-refractivity contribution in [2.45, 2.75) is 26.2 Å². The van der Waals surface area contributed by atoms with E-state index >= 15 is 0 Å². The monoisotopic (exact) mass is 273 g/mol. The molecule has 1 aliphatic carbocycles. The van der Waals surface area contributed by atoms with Crippen molar-refractivity contribution in [2.24, 2.45) is 10.7 Å². The van der Waals surface area contributed by atoms with Gasteiger partial charge in [-0.15, -0.1) is 0 Å². The molecule has 0 fully saturated rings. The Morgan fingerprint density at radius 1 is 1.40 bits per heavy atom. The summed E-state index contributed by atoms with van der Waals surface area (Å²) in [7, 11) is 0. The van der Waals surface area contributed by atoms with Crippen molar-refractivity contribution in [3.8, 4) is 0 Å². The van der Waals surface area contributed by atoms with Gasteiger partial charge in [-0.2, -0.15) is 0 Å².